The van der Waals surface area contributed by atoms with Gasteiger partial charge >= 0.3 is 5.97 Å². The smallest absolute Gasteiger partial charge is 0.337 e. The van der Waals surface area contributed by atoms with E-state index in [1.165, 1.54) is 18.9 Å². The van der Waals surface area contributed by atoms with Gasteiger partial charge in [0.25, 0.3) is 5.91 Å². The minimum absolute atomic E-state index is 0.0519. The molecule has 1 aromatic carbocycles. The van der Waals surface area contributed by atoms with Crippen molar-refractivity contribution in [2.45, 2.75) is 13.3 Å². The number of amides is 1. The van der Waals surface area contributed by atoms with Crippen LogP contribution in [0.4, 0.5) is 0 Å². The highest BCUT2D eigenvalue weighted by atomic mass is 32.2. The van der Waals surface area contributed by atoms with Crippen molar-refractivity contribution < 1.29 is 14.3 Å². The monoisotopic (exact) mass is 321 g/mol. The molecule has 110 valence electrons. The largest absolute Gasteiger partial charge is 0.465 e. The molecule has 0 atom stereocenters. The average molecular weight is 321 g/mol. The van der Waals surface area contributed by atoms with Crippen molar-refractivity contribution in [2.75, 3.05) is 13.7 Å². The number of carbonyl (C=O) groups is 2. The predicted octanol–water partition coefficient (Wildman–Crippen LogP) is 3.08. The Kier molecular flexibility index (Phi) is 5.14. The molecule has 0 N–H and O–H groups in total. The number of thioether (sulfide) groups is 1. The minimum atomic E-state index is -0.379. The lowest BCUT2D eigenvalue weighted by Gasteiger charge is -2.11. The predicted molar refractivity (Wildman–Crippen MR) is 88.0 cm³/mol. The molecule has 0 radical (unpaired) electrons. The number of rotatable bonds is 4. The number of nitrogens with zero attached hydrogens (tertiary/aromatic N) is 1. The second kappa shape index (κ2) is 6.87. The number of hydrogen-bond acceptors (Lipinski definition) is 5. The molecule has 1 heterocycles. The van der Waals surface area contributed by atoms with Crippen LogP contribution in [0.3, 0.4) is 0 Å². The van der Waals surface area contributed by atoms with Crippen LogP contribution in [0.25, 0.3) is 6.08 Å². The lowest BCUT2D eigenvalue weighted by molar-refractivity contribution is -0.122. The number of ether oxygens (including phenoxy) is 1. The average Bonchev–Trinajstić information content (AvgIpc) is 2.75. The van der Waals surface area contributed by atoms with Crippen LogP contribution in [0.5, 0.6) is 0 Å². The number of carbonyl (C=O) groups excluding carboxylic acids is 2. The molecule has 0 bridgehead atoms. The van der Waals surface area contributed by atoms with Gasteiger partial charge in [0.1, 0.15) is 4.32 Å². The summed E-state index contributed by atoms with van der Waals surface area (Å²) in [6, 6.07) is 6.89. The Bertz CT molecular complexity index is 608. The molecule has 1 amide bonds. The Labute approximate surface area is 133 Å². The van der Waals surface area contributed by atoms with Crippen molar-refractivity contribution in [3.05, 3.63) is 40.3 Å². The van der Waals surface area contributed by atoms with Crippen LogP contribution in [-0.4, -0.2) is 34.8 Å². The molecule has 1 aliphatic heterocycles. The molecule has 0 saturated carbocycles. The van der Waals surface area contributed by atoms with E-state index in [0.29, 0.717) is 21.3 Å². The summed E-state index contributed by atoms with van der Waals surface area (Å²) in [5, 5.41) is 0. The molecule has 1 saturated heterocycles. The topological polar surface area (TPSA) is 46.6 Å². The first-order valence-electron chi connectivity index (χ1n) is 6.50. The third kappa shape index (κ3) is 3.51. The molecule has 1 aromatic rings. The van der Waals surface area contributed by atoms with Gasteiger partial charge in [-0.1, -0.05) is 43.0 Å². The normalized spacial score (nSPS) is 16.7. The van der Waals surface area contributed by atoms with E-state index in [2.05, 4.69) is 4.74 Å². The summed E-state index contributed by atoms with van der Waals surface area (Å²) in [6.45, 7) is 2.65. The van der Waals surface area contributed by atoms with Gasteiger partial charge in [0.05, 0.1) is 17.6 Å². The number of methoxy groups -OCH3 is 1. The fraction of sp³-hybridized carbons (Fsp3) is 0.267. The SMILES string of the molecule is CCCN1C(=O)/C(=C/c2ccc(C(=O)OC)cc2)SC1=S. The van der Waals surface area contributed by atoms with Crippen LogP contribution < -0.4 is 0 Å². The Hall–Kier alpha value is -1.66. The highest BCUT2D eigenvalue weighted by molar-refractivity contribution is 8.26. The number of hydrogen-bond donors (Lipinski definition) is 0. The lowest BCUT2D eigenvalue weighted by atomic mass is 10.1. The van der Waals surface area contributed by atoms with Gasteiger partial charge in [0, 0.05) is 6.54 Å². The lowest BCUT2D eigenvalue weighted by Crippen LogP contribution is -2.28. The van der Waals surface area contributed by atoms with E-state index in [1.807, 2.05) is 6.92 Å². The van der Waals surface area contributed by atoms with Crippen LogP contribution in [0.2, 0.25) is 0 Å². The van der Waals surface area contributed by atoms with Gasteiger partial charge in [-0.2, -0.15) is 0 Å². The Morgan fingerprint density at radius 1 is 1.38 bits per heavy atom. The van der Waals surface area contributed by atoms with Gasteiger partial charge in [-0.3, -0.25) is 9.69 Å². The van der Waals surface area contributed by atoms with E-state index in [9.17, 15) is 9.59 Å². The van der Waals surface area contributed by atoms with Crippen molar-refractivity contribution in [2.24, 2.45) is 0 Å². The molecule has 4 nitrogen and oxygen atoms in total. The highest BCUT2D eigenvalue weighted by Crippen LogP contribution is 2.32. The van der Waals surface area contributed by atoms with Crippen molar-refractivity contribution >= 4 is 46.3 Å². The standard InChI is InChI=1S/C15H15NO3S2/c1-3-8-16-13(17)12(21-15(16)20)9-10-4-6-11(7-5-10)14(18)19-2/h4-7,9H,3,8H2,1-2H3/b12-9-. The number of thiocarbonyl (C=S) groups is 1. The molecule has 1 fully saturated rings. The summed E-state index contributed by atoms with van der Waals surface area (Å²) in [7, 11) is 1.34. The molecule has 6 heteroatoms. The van der Waals surface area contributed by atoms with Crippen molar-refractivity contribution in [1.82, 2.24) is 4.90 Å². The van der Waals surface area contributed by atoms with E-state index in [-0.39, 0.29) is 11.9 Å². The minimum Gasteiger partial charge on any atom is -0.465 e. The first-order valence-corrected chi connectivity index (χ1v) is 7.73. The van der Waals surface area contributed by atoms with E-state index in [1.54, 1.807) is 35.2 Å². The summed E-state index contributed by atoms with van der Waals surface area (Å²) < 4.78 is 5.24. The van der Waals surface area contributed by atoms with E-state index in [4.69, 9.17) is 12.2 Å². The maximum Gasteiger partial charge on any atom is 0.337 e. The third-order valence-corrected chi connectivity index (χ3v) is 4.33. The van der Waals surface area contributed by atoms with Gasteiger partial charge in [-0.15, -0.1) is 0 Å². The molecule has 0 aromatic heterocycles. The first kappa shape index (κ1) is 15.7. The zero-order valence-electron chi connectivity index (χ0n) is 11.8. The third-order valence-electron chi connectivity index (χ3n) is 2.95. The zero-order valence-corrected chi connectivity index (χ0v) is 13.4. The molecule has 0 aliphatic carbocycles. The summed E-state index contributed by atoms with van der Waals surface area (Å²) in [5.41, 5.74) is 1.33. The molecule has 21 heavy (non-hydrogen) atoms. The molecule has 0 unspecified atom stereocenters. The molecule has 0 spiro atoms. The molecular weight excluding hydrogens is 306 g/mol. The Morgan fingerprint density at radius 2 is 2.05 bits per heavy atom. The van der Waals surface area contributed by atoms with Crippen molar-refractivity contribution in [3.8, 4) is 0 Å². The van der Waals surface area contributed by atoms with Crippen LogP contribution in [-0.2, 0) is 9.53 Å². The van der Waals surface area contributed by atoms with E-state index < -0.39 is 0 Å². The highest BCUT2D eigenvalue weighted by Gasteiger charge is 2.31. The Balaban J connectivity index is 2.19. The summed E-state index contributed by atoms with van der Waals surface area (Å²) in [4.78, 5) is 25.8. The van der Waals surface area contributed by atoms with Crippen LogP contribution in [0, 0.1) is 0 Å². The second-order valence-electron chi connectivity index (χ2n) is 4.45. The van der Waals surface area contributed by atoms with Gasteiger partial charge in [0.2, 0.25) is 0 Å². The summed E-state index contributed by atoms with van der Waals surface area (Å²) in [5.74, 6) is -0.431. The Morgan fingerprint density at radius 3 is 2.62 bits per heavy atom. The van der Waals surface area contributed by atoms with Gasteiger partial charge in [-0.25, -0.2) is 4.79 Å². The quantitative estimate of drug-likeness (QED) is 0.484. The van der Waals surface area contributed by atoms with E-state index in [0.717, 1.165) is 12.0 Å². The van der Waals surface area contributed by atoms with Crippen LogP contribution in [0.1, 0.15) is 29.3 Å². The van der Waals surface area contributed by atoms with Crippen LogP contribution in [0.15, 0.2) is 29.2 Å². The fourth-order valence-electron chi connectivity index (χ4n) is 1.90. The number of benzene rings is 1. The van der Waals surface area contributed by atoms with Crippen molar-refractivity contribution in [3.63, 3.8) is 0 Å². The maximum atomic E-state index is 12.2. The van der Waals surface area contributed by atoms with Gasteiger partial charge < -0.3 is 4.74 Å². The molecule has 2 rings (SSSR count). The molecule has 1 aliphatic rings. The fourth-order valence-corrected chi connectivity index (χ4v) is 3.21. The summed E-state index contributed by atoms with van der Waals surface area (Å²) in [6.07, 6.45) is 2.66. The van der Waals surface area contributed by atoms with Crippen molar-refractivity contribution in [1.29, 1.82) is 0 Å². The maximum absolute atomic E-state index is 12.2. The summed E-state index contributed by atoms with van der Waals surface area (Å²) >= 11 is 6.52. The van der Waals surface area contributed by atoms with Crippen LogP contribution >= 0.6 is 24.0 Å². The van der Waals surface area contributed by atoms with E-state index >= 15 is 0 Å². The molecular formula is C15H15NO3S2. The van der Waals surface area contributed by atoms with Gasteiger partial charge in [0.15, 0.2) is 0 Å². The second-order valence-corrected chi connectivity index (χ2v) is 6.12. The van der Waals surface area contributed by atoms with Gasteiger partial charge in [-0.05, 0) is 30.2 Å². The number of esters is 1. The first-order chi connectivity index (χ1) is 10.1. The zero-order chi connectivity index (χ0) is 15.4.